The van der Waals surface area contributed by atoms with Gasteiger partial charge in [0, 0.05) is 0 Å². The Labute approximate surface area is 57.9 Å². The molecule has 0 aliphatic carbocycles. The van der Waals surface area contributed by atoms with Crippen LogP contribution < -0.4 is 0 Å². The van der Waals surface area contributed by atoms with Crippen molar-refractivity contribution in [3.63, 3.8) is 0 Å². The topological polar surface area (TPSA) is 87.0 Å². The smallest absolute Gasteiger partial charge is 0.293 e. The molecule has 0 saturated heterocycles. The lowest BCUT2D eigenvalue weighted by Crippen LogP contribution is -2.34. The molecule has 60 valence electrons. The molecule has 5 heteroatoms. The van der Waals surface area contributed by atoms with Gasteiger partial charge in [0.05, 0.1) is 13.2 Å². The second-order valence-electron chi connectivity index (χ2n) is 1.70. The van der Waals surface area contributed by atoms with E-state index in [2.05, 4.69) is 4.74 Å². The quantitative estimate of drug-likeness (QED) is 0.390. The van der Waals surface area contributed by atoms with Crippen LogP contribution in [0.3, 0.4) is 0 Å². The summed E-state index contributed by atoms with van der Waals surface area (Å²) in [7, 11) is 0. The minimum absolute atomic E-state index is 0.111. The first kappa shape index (κ1) is 9.35. The molecule has 0 rings (SSSR count). The minimum Gasteiger partial charge on any atom is -0.459 e. The lowest BCUT2D eigenvalue weighted by Gasteiger charge is -2.16. The second kappa shape index (κ2) is 5.16. The number of ether oxygens (including phenoxy) is 1. The van der Waals surface area contributed by atoms with Crippen LogP contribution in [0, 0.1) is 0 Å². The Bertz CT molecular complexity index is 94.0. The largest absolute Gasteiger partial charge is 0.459 e. The molecule has 5 nitrogen and oxygen atoms in total. The summed E-state index contributed by atoms with van der Waals surface area (Å²) in [5.41, 5.74) is 0. The Morgan fingerprint density at radius 2 is 2.00 bits per heavy atom. The Balaban J connectivity index is 3.67. The van der Waals surface area contributed by atoms with Crippen molar-refractivity contribution in [1.29, 1.82) is 0 Å². The van der Waals surface area contributed by atoms with Crippen LogP contribution in [0.25, 0.3) is 0 Å². The normalized spacial score (nSPS) is 15.9. The summed E-state index contributed by atoms with van der Waals surface area (Å²) in [5.74, 6) is 0. The standard InChI is InChI=1S/C5H10O5/c6-1-4(9)5(2-7)10-3-8/h3-7,9H,1-2H2/t4-,5-/m1/s1. The van der Waals surface area contributed by atoms with Gasteiger partial charge in [0.25, 0.3) is 6.47 Å². The molecule has 0 bridgehead atoms. The van der Waals surface area contributed by atoms with Gasteiger partial charge < -0.3 is 20.1 Å². The van der Waals surface area contributed by atoms with E-state index in [-0.39, 0.29) is 6.47 Å². The number of hydrogen-bond donors (Lipinski definition) is 3. The molecule has 0 amide bonds. The Kier molecular flexibility index (Phi) is 4.82. The van der Waals surface area contributed by atoms with E-state index in [9.17, 15) is 4.79 Å². The number of rotatable bonds is 5. The molecule has 0 aliphatic heterocycles. The van der Waals surface area contributed by atoms with Gasteiger partial charge in [0.2, 0.25) is 0 Å². The van der Waals surface area contributed by atoms with Crippen molar-refractivity contribution in [2.45, 2.75) is 12.2 Å². The summed E-state index contributed by atoms with van der Waals surface area (Å²) in [6.07, 6.45) is -2.24. The summed E-state index contributed by atoms with van der Waals surface area (Å²) in [6, 6.07) is 0. The van der Waals surface area contributed by atoms with E-state index >= 15 is 0 Å². The monoisotopic (exact) mass is 150 g/mol. The summed E-state index contributed by atoms with van der Waals surface area (Å²) < 4.78 is 4.20. The number of aliphatic hydroxyl groups excluding tert-OH is 3. The van der Waals surface area contributed by atoms with Gasteiger partial charge in [-0.1, -0.05) is 0 Å². The van der Waals surface area contributed by atoms with Gasteiger partial charge in [0.15, 0.2) is 6.10 Å². The van der Waals surface area contributed by atoms with Gasteiger partial charge >= 0.3 is 0 Å². The highest BCUT2D eigenvalue weighted by Gasteiger charge is 2.17. The summed E-state index contributed by atoms with van der Waals surface area (Å²) >= 11 is 0. The fraction of sp³-hybridized carbons (Fsp3) is 0.800. The maximum Gasteiger partial charge on any atom is 0.293 e. The molecule has 0 heterocycles. The molecular formula is C5H10O5. The third-order valence-corrected chi connectivity index (χ3v) is 1.03. The van der Waals surface area contributed by atoms with Crippen molar-refractivity contribution in [1.82, 2.24) is 0 Å². The molecule has 3 N–H and O–H groups in total. The first-order chi connectivity index (χ1) is 4.76. The zero-order valence-electron chi connectivity index (χ0n) is 5.30. The van der Waals surface area contributed by atoms with Gasteiger partial charge in [-0.25, -0.2) is 0 Å². The molecule has 0 unspecified atom stereocenters. The molecule has 0 aromatic rings. The van der Waals surface area contributed by atoms with Crippen LogP contribution in [0.1, 0.15) is 0 Å². The Morgan fingerprint density at radius 3 is 2.30 bits per heavy atom. The van der Waals surface area contributed by atoms with Gasteiger partial charge in [-0.3, -0.25) is 4.79 Å². The van der Waals surface area contributed by atoms with E-state index in [1.807, 2.05) is 0 Å². The molecule has 10 heavy (non-hydrogen) atoms. The number of hydrogen-bond acceptors (Lipinski definition) is 5. The fourth-order valence-electron chi connectivity index (χ4n) is 0.444. The van der Waals surface area contributed by atoms with E-state index in [1.54, 1.807) is 0 Å². The number of carbonyl (C=O) groups is 1. The molecule has 0 aliphatic rings. The lowest BCUT2D eigenvalue weighted by atomic mass is 10.2. The van der Waals surface area contributed by atoms with Crippen LogP contribution in [-0.2, 0) is 9.53 Å². The highest BCUT2D eigenvalue weighted by Crippen LogP contribution is 1.95. The van der Waals surface area contributed by atoms with Crippen molar-refractivity contribution < 1.29 is 24.9 Å². The molecule has 0 aromatic heterocycles. The average molecular weight is 150 g/mol. The van der Waals surface area contributed by atoms with E-state index in [1.165, 1.54) is 0 Å². The van der Waals surface area contributed by atoms with E-state index in [0.29, 0.717) is 0 Å². The van der Waals surface area contributed by atoms with E-state index < -0.39 is 25.4 Å². The van der Waals surface area contributed by atoms with Gasteiger partial charge in [-0.15, -0.1) is 0 Å². The van der Waals surface area contributed by atoms with Crippen LogP contribution in [0.5, 0.6) is 0 Å². The third kappa shape index (κ3) is 2.77. The van der Waals surface area contributed by atoms with Gasteiger partial charge in [-0.2, -0.15) is 0 Å². The predicted molar refractivity (Wildman–Crippen MR) is 31.1 cm³/mol. The van der Waals surface area contributed by atoms with Crippen molar-refractivity contribution in [2.24, 2.45) is 0 Å². The van der Waals surface area contributed by atoms with Gasteiger partial charge in [0.1, 0.15) is 6.10 Å². The summed E-state index contributed by atoms with van der Waals surface area (Å²) in [5, 5.41) is 25.5. The van der Waals surface area contributed by atoms with Crippen LogP contribution in [0.15, 0.2) is 0 Å². The number of aliphatic hydroxyl groups is 3. The maximum atomic E-state index is 9.67. The highest BCUT2D eigenvalue weighted by molar-refractivity contribution is 5.37. The van der Waals surface area contributed by atoms with Gasteiger partial charge in [-0.05, 0) is 0 Å². The van der Waals surface area contributed by atoms with Crippen LogP contribution in [0.4, 0.5) is 0 Å². The molecule has 2 atom stereocenters. The lowest BCUT2D eigenvalue weighted by molar-refractivity contribution is -0.144. The zero-order chi connectivity index (χ0) is 7.98. The maximum absolute atomic E-state index is 9.67. The average Bonchev–Trinajstić information content (AvgIpc) is 1.99. The molecule has 0 radical (unpaired) electrons. The van der Waals surface area contributed by atoms with Crippen molar-refractivity contribution in [3.05, 3.63) is 0 Å². The van der Waals surface area contributed by atoms with Crippen LogP contribution >= 0.6 is 0 Å². The molecule has 0 aromatic carbocycles. The predicted octanol–water partition coefficient (Wildman–Crippen LogP) is -2.13. The van der Waals surface area contributed by atoms with E-state index in [0.717, 1.165) is 0 Å². The molecular weight excluding hydrogens is 140 g/mol. The third-order valence-electron chi connectivity index (χ3n) is 1.03. The SMILES string of the molecule is O=CO[C@H](CO)[C@H](O)CO. The molecule has 0 fully saturated rings. The minimum atomic E-state index is -1.21. The van der Waals surface area contributed by atoms with Crippen molar-refractivity contribution >= 4 is 6.47 Å². The summed E-state index contributed by atoms with van der Waals surface area (Å²) in [6.45, 7) is -0.931. The highest BCUT2D eigenvalue weighted by atomic mass is 16.5. The Hall–Kier alpha value is -0.650. The molecule has 0 saturated carbocycles. The van der Waals surface area contributed by atoms with Crippen molar-refractivity contribution in [3.8, 4) is 0 Å². The first-order valence-corrected chi connectivity index (χ1v) is 2.75. The second-order valence-corrected chi connectivity index (χ2v) is 1.70. The van der Waals surface area contributed by atoms with Crippen molar-refractivity contribution in [2.75, 3.05) is 13.2 Å². The van der Waals surface area contributed by atoms with Crippen LogP contribution in [0.2, 0.25) is 0 Å². The number of carbonyl (C=O) groups excluding carboxylic acids is 1. The van der Waals surface area contributed by atoms with E-state index in [4.69, 9.17) is 15.3 Å². The van der Waals surface area contributed by atoms with Crippen LogP contribution in [-0.4, -0.2) is 47.2 Å². The molecule has 0 spiro atoms. The Morgan fingerprint density at radius 1 is 1.40 bits per heavy atom. The fourth-order valence-corrected chi connectivity index (χ4v) is 0.444. The summed E-state index contributed by atoms with van der Waals surface area (Å²) in [4.78, 5) is 9.67. The zero-order valence-corrected chi connectivity index (χ0v) is 5.30. The first-order valence-electron chi connectivity index (χ1n) is 2.75.